The van der Waals surface area contributed by atoms with E-state index in [9.17, 15) is 0 Å². The molecule has 2 aromatic carbocycles. The number of nitrogens with one attached hydrogen (secondary N) is 1. The van der Waals surface area contributed by atoms with Crippen LogP contribution in [0.1, 0.15) is 36.8 Å². The smallest absolute Gasteiger partial charge is 0.0379 e. The van der Waals surface area contributed by atoms with Crippen LogP contribution in [0.15, 0.2) is 66.9 Å². The van der Waals surface area contributed by atoms with Crippen molar-refractivity contribution < 1.29 is 0 Å². The molecule has 1 N–H and O–H groups in total. The summed E-state index contributed by atoms with van der Waals surface area (Å²) in [6.45, 7) is 2.17. The predicted molar refractivity (Wildman–Crippen MR) is 92.6 cm³/mol. The van der Waals surface area contributed by atoms with Gasteiger partial charge in [-0.1, -0.05) is 67.8 Å². The molecular formula is C20H25N. The molecule has 1 nitrogen and oxygen atoms in total. The maximum absolute atomic E-state index is 3.26. The molecule has 0 unspecified atom stereocenters. The van der Waals surface area contributed by atoms with Crippen molar-refractivity contribution in [2.75, 3.05) is 5.32 Å². The Kier molecular flexibility index (Phi) is 6.60. The maximum atomic E-state index is 3.26. The van der Waals surface area contributed by atoms with Crippen LogP contribution in [0.5, 0.6) is 0 Å². The monoisotopic (exact) mass is 279 g/mol. The lowest BCUT2D eigenvalue weighted by Gasteiger charge is -2.03. The third-order valence-electron chi connectivity index (χ3n) is 3.34. The maximum Gasteiger partial charge on any atom is 0.0379 e. The SMILES string of the molecule is C1CC1.Cc1ccccc1CC/C=C/Nc1ccccc1. The molecule has 0 radical (unpaired) electrons. The van der Waals surface area contributed by atoms with Crippen molar-refractivity contribution >= 4 is 5.69 Å². The highest BCUT2D eigenvalue weighted by molar-refractivity contribution is 5.44. The minimum Gasteiger partial charge on any atom is -0.362 e. The lowest BCUT2D eigenvalue weighted by molar-refractivity contribution is 0.986. The second kappa shape index (κ2) is 9.02. The highest BCUT2D eigenvalue weighted by Gasteiger charge is 1.95. The number of allylic oxidation sites excluding steroid dienone is 1. The molecule has 0 amide bonds. The fraction of sp³-hybridized carbons (Fsp3) is 0.300. The number of hydrogen-bond acceptors (Lipinski definition) is 1. The molecular weight excluding hydrogens is 254 g/mol. The predicted octanol–water partition coefficient (Wildman–Crippen LogP) is 5.72. The molecule has 1 heteroatoms. The first-order valence-corrected chi connectivity index (χ1v) is 7.87. The van der Waals surface area contributed by atoms with Gasteiger partial charge < -0.3 is 5.32 Å². The van der Waals surface area contributed by atoms with E-state index in [2.05, 4.69) is 54.7 Å². The molecule has 3 rings (SSSR count). The lowest BCUT2D eigenvalue weighted by Crippen LogP contribution is -1.89. The molecule has 0 bridgehead atoms. The van der Waals surface area contributed by atoms with E-state index in [0.29, 0.717) is 0 Å². The Balaban J connectivity index is 0.000000477. The van der Waals surface area contributed by atoms with Crippen molar-refractivity contribution in [3.8, 4) is 0 Å². The number of hydrogen-bond donors (Lipinski definition) is 1. The van der Waals surface area contributed by atoms with E-state index in [-0.39, 0.29) is 0 Å². The molecule has 0 heterocycles. The normalized spacial score (nSPS) is 12.6. The summed E-state index contributed by atoms with van der Waals surface area (Å²) < 4.78 is 0. The summed E-state index contributed by atoms with van der Waals surface area (Å²) in [7, 11) is 0. The van der Waals surface area contributed by atoms with Gasteiger partial charge in [0.2, 0.25) is 0 Å². The van der Waals surface area contributed by atoms with E-state index in [0.717, 1.165) is 18.5 Å². The minimum absolute atomic E-state index is 1.06. The zero-order valence-electron chi connectivity index (χ0n) is 12.9. The Hall–Kier alpha value is -2.02. The van der Waals surface area contributed by atoms with Gasteiger partial charge in [0.25, 0.3) is 0 Å². The second-order valence-electron chi connectivity index (χ2n) is 5.44. The standard InChI is InChI=1S/C17H19N.C3H6/c1-15-9-5-6-10-16(15)11-7-8-14-18-17-12-3-2-4-13-17;1-2-3-1/h2-6,8-10,12-14,18H,7,11H2,1H3;1-3H2/b14-8+;. The Morgan fingerprint density at radius 3 is 2.24 bits per heavy atom. The van der Waals surface area contributed by atoms with Gasteiger partial charge in [-0.05, 0) is 49.2 Å². The number of benzene rings is 2. The van der Waals surface area contributed by atoms with Crippen LogP contribution in [0.2, 0.25) is 0 Å². The number of para-hydroxylation sites is 1. The quantitative estimate of drug-likeness (QED) is 0.737. The van der Waals surface area contributed by atoms with Crippen molar-refractivity contribution in [2.45, 2.75) is 39.0 Å². The summed E-state index contributed by atoms with van der Waals surface area (Å²) in [5, 5.41) is 3.26. The Morgan fingerprint density at radius 2 is 1.57 bits per heavy atom. The van der Waals surface area contributed by atoms with E-state index in [1.807, 2.05) is 24.4 Å². The van der Waals surface area contributed by atoms with E-state index in [4.69, 9.17) is 0 Å². The van der Waals surface area contributed by atoms with Crippen molar-refractivity contribution in [1.29, 1.82) is 0 Å². The number of aryl methyl sites for hydroxylation is 2. The van der Waals surface area contributed by atoms with Crippen LogP contribution in [0.4, 0.5) is 5.69 Å². The molecule has 2 aromatic rings. The largest absolute Gasteiger partial charge is 0.362 e. The van der Waals surface area contributed by atoms with E-state index in [1.54, 1.807) is 0 Å². The first-order chi connectivity index (χ1) is 10.4. The first-order valence-electron chi connectivity index (χ1n) is 7.87. The van der Waals surface area contributed by atoms with Gasteiger partial charge in [0.15, 0.2) is 0 Å². The zero-order valence-corrected chi connectivity index (χ0v) is 12.9. The Labute approximate surface area is 128 Å². The third-order valence-corrected chi connectivity index (χ3v) is 3.34. The minimum atomic E-state index is 1.06. The zero-order chi connectivity index (χ0) is 14.8. The van der Waals surface area contributed by atoms with Gasteiger partial charge in [0.05, 0.1) is 0 Å². The molecule has 1 saturated carbocycles. The fourth-order valence-electron chi connectivity index (χ4n) is 1.90. The van der Waals surface area contributed by atoms with Crippen molar-refractivity contribution in [2.24, 2.45) is 0 Å². The summed E-state index contributed by atoms with van der Waals surface area (Å²) in [6, 6.07) is 18.8. The molecule has 0 aliphatic heterocycles. The van der Waals surface area contributed by atoms with Crippen molar-refractivity contribution in [3.63, 3.8) is 0 Å². The average molecular weight is 279 g/mol. The van der Waals surface area contributed by atoms with Gasteiger partial charge in [0, 0.05) is 5.69 Å². The molecule has 0 spiro atoms. The van der Waals surface area contributed by atoms with Gasteiger partial charge in [-0.25, -0.2) is 0 Å². The van der Waals surface area contributed by atoms with Crippen LogP contribution in [0, 0.1) is 6.92 Å². The molecule has 1 aliphatic rings. The van der Waals surface area contributed by atoms with E-state index in [1.165, 1.54) is 30.4 Å². The molecule has 0 aromatic heterocycles. The molecule has 21 heavy (non-hydrogen) atoms. The number of anilines is 1. The van der Waals surface area contributed by atoms with Crippen LogP contribution in [0.3, 0.4) is 0 Å². The van der Waals surface area contributed by atoms with Gasteiger partial charge >= 0.3 is 0 Å². The molecule has 0 atom stereocenters. The summed E-state index contributed by atoms with van der Waals surface area (Å²) >= 11 is 0. The highest BCUT2D eigenvalue weighted by Crippen LogP contribution is 2.15. The first kappa shape index (κ1) is 15.4. The van der Waals surface area contributed by atoms with Crippen LogP contribution < -0.4 is 5.32 Å². The summed E-state index contributed by atoms with van der Waals surface area (Å²) in [5.74, 6) is 0. The summed E-state index contributed by atoms with van der Waals surface area (Å²) in [4.78, 5) is 0. The van der Waals surface area contributed by atoms with Crippen LogP contribution in [-0.4, -0.2) is 0 Å². The Bertz CT molecular complexity index is 538. The van der Waals surface area contributed by atoms with Gasteiger partial charge in [-0.15, -0.1) is 0 Å². The second-order valence-corrected chi connectivity index (χ2v) is 5.44. The fourth-order valence-corrected chi connectivity index (χ4v) is 1.90. The van der Waals surface area contributed by atoms with Gasteiger partial charge in [-0.3, -0.25) is 0 Å². The molecule has 1 aliphatic carbocycles. The third kappa shape index (κ3) is 6.80. The molecule has 0 saturated heterocycles. The highest BCUT2D eigenvalue weighted by atomic mass is 14.8. The average Bonchev–Trinajstić information content (AvgIpc) is 3.38. The van der Waals surface area contributed by atoms with Gasteiger partial charge in [0.1, 0.15) is 0 Å². The molecule has 1 fully saturated rings. The molecule has 110 valence electrons. The van der Waals surface area contributed by atoms with E-state index < -0.39 is 0 Å². The summed E-state index contributed by atoms with van der Waals surface area (Å²) in [6.07, 6.45) is 10.9. The van der Waals surface area contributed by atoms with Crippen LogP contribution in [-0.2, 0) is 6.42 Å². The van der Waals surface area contributed by atoms with Crippen molar-refractivity contribution in [3.05, 3.63) is 78.0 Å². The Morgan fingerprint density at radius 1 is 0.905 bits per heavy atom. The topological polar surface area (TPSA) is 12.0 Å². The summed E-state index contributed by atoms with van der Waals surface area (Å²) in [5.41, 5.74) is 3.94. The van der Waals surface area contributed by atoms with E-state index >= 15 is 0 Å². The number of rotatable bonds is 5. The van der Waals surface area contributed by atoms with Crippen molar-refractivity contribution in [1.82, 2.24) is 0 Å². The van der Waals surface area contributed by atoms with Crippen LogP contribution >= 0.6 is 0 Å². The van der Waals surface area contributed by atoms with Crippen LogP contribution in [0.25, 0.3) is 0 Å². The van der Waals surface area contributed by atoms with Gasteiger partial charge in [-0.2, -0.15) is 0 Å². The lowest BCUT2D eigenvalue weighted by atomic mass is 10.0.